The van der Waals surface area contributed by atoms with E-state index >= 15 is 0 Å². The molecule has 0 aliphatic carbocycles. The highest BCUT2D eigenvalue weighted by atomic mass is 35.5. The quantitative estimate of drug-likeness (QED) is 0.516. The van der Waals surface area contributed by atoms with Gasteiger partial charge in [-0.25, -0.2) is 27.7 Å². The summed E-state index contributed by atoms with van der Waals surface area (Å²) in [5, 5.41) is 0.434. The number of carbonyl (C=O) groups is 1. The van der Waals surface area contributed by atoms with Gasteiger partial charge in [-0.05, 0) is 48.5 Å². The first-order valence-corrected chi connectivity index (χ1v) is 10.2. The van der Waals surface area contributed by atoms with Crippen LogP contribution in [0.25, 0.3) is 22.4 Å². The van der Waals surface area contributed by atoms with Crippen LogP contribution in [0.15, 0.2) is 71.8 Å². The fraction of sp³-hybridized carbons (Fsp3) is 0. The average molecular weight is 428 g/mol. The molecule has 4 rings (SSSR count). The molecule has 0 bridgehead atoms. The van der Waals surface area contributed by atoms with Crippen LogP contribution in [0.4, 0.5) is 10.6 Å². The van der Waals surface area contributed by atoms with Gasteiger partial charge in [0.15, 0.2) is 5.82 Å². The first kappa shape index (κ1) is 18.9. The van der Waals surface area contributed by atoms with E-state index in [1.54, 1.807) is 30.3 Å². The topological polar surface area (TPSA) is 120 Å². The number of nitrogens with zero attached hydrogens (tertiary/aromatic N) is 3. The first-order valence-electron chi connectivity index (χ1n) is 8.37. The standard InChI is InChI=1S/C19H14ClN5O3S/c20-13-6-8-14(9-7-13)29(27,28)24-17-10-5-12(11-22-17)18-23-15-3-1-2-4-16(15)25(18)19(21)26/h1-11H,(H2,21,26)(H,22,24). The van der Waals surface area contributed by atoms with Crippen molar-refractivity contribution < 1.29 is 13.2 Å². The third-order valence-electron chi connectivity index (χ3n) is 4.17. The Morgan fingerprint density at radius 2 is 1.76 bits per heavy atom. The lowest BCUT2D eigenvalue weighted by atomic mass is 10.2. The number of benzene rings is 2. The number of para-hydroxylation sites is 2. The number of hydrogen-bond donors (Lipinski definition) is 2. The van der Waals surface area contributed by atoms with Gasteiger partial charge in [-0.1, -0.05) is 23.7 Å². The van der Waals surface area contributed by atoms with Crippen LogP contribution in [0.3, 0.4) is 0 Å². The SMILES string of the molecule is NC(=O)n1c(-c2ccc(NS(=O)(=O)c3ccc(Cl)cc3)nc2)nc2ccccc21. The second kappa shape index (κ2) is 7.19. The van der Waals surface area contributed by atoms with E-state index in [1.165, 1.54) is 41.1 Å². The Labute approximate surface area is 171 Å². The summed E-state index contributed by atoms with van der Waals surface area (Å²) in [7, 11) is -3.82. The third kappa shape index (κ3) is 3.65. The lowest BCUT2D eigenvalue weighted by Gasteiger charge is -2.08. The lowest BCUT2D eigenvalue weighted by Crippen LogP contribution is -2.20. The number of nitrogens with one attached hydrogen (secondary N) is 1. The zero-order valence-electron chi connectivity index (χ0n) is 14.8. The van der Waals surface area contributed by atoms with E-state index in [9.17, 15) is 13.2 Å². The van der Waals surface area contributed by atoms with E-state index in [4.69, 9.17) is 17.3 Å². The molecular formula is C19H14ClN5O3S. The summed E-state index contributed by atoms with van der Waals surface area (Å²) in [6.07, 6.45) is 1.42. The number of aromatic nitrogens is 3. The van der Waals surface area contributed by atoms with Crippen LogP contribution < -0.4 is 10.5 Å². The number of amides is 1. The highest BCUT2D eigenvalue weighted by Gasteiger charge is 2.18. The average Bonchev–Trinajstić information content (AvgIpc) is 3.08. The number of halogens is 1. The van der Waals surface area contributed by atoms with E-state index in [0.29, 0.717) is 27.4 Å². The van der Waals surface area contributed by atoms with Crippen molar-refractivity contribution in [1.29, 1.82) is 0 Å². The van der Waals surface area contributed by atoms with Crippen LogP contribution >= 0.6 is 11.6 Å². The Morgan fingerprint density at radius 3 is 2.41 bits per heavy atom. The van der Waals surface area contributed by atoms with Gasteiger partial charge in [0.05, 0.1) is 15.9 Å². The van der Waals surface area contributed by atoms with E-state index in [0.717, 1.165) is 0 Å². The van der Waals surface area contributed by atoms with Gasteiger partial charge in [-0.15, -0.1) is 0 Å². The van der Waals surface area contributed by atoms with Crippen LogP contribution in [0.1, 0.15) is 0 Å². The predicted octanol–water partition coefficient (Wildman–Crippen LogP) is 3.48. The fourth-order valence-electron chi connectivity index (χ4n) is 2.84. The monoisotopic (exact) mass is 427 g/mol. The maximum Gasteiger partial charge on any atom is 0.325 e. The van der Waals surface area contributed by atoms with Gasteiger partial charge in [0.25, 0.3) is 10.0 Å². The molecular weight excluding hydrogens is 414 g/mol. The Kier molecular flexibility index (Phi) is 4.69. The zero-order chi connectivity index (χ0) is 20.6. The molecule has 0 unspecified atom stereocenters. The van der Waals surface area contributed by atoms with Gasteiger partial charge in [0.1, 0.15) is 5.82 Å². The number of primary amides is 1. The minimum atomic E-state index is -3.82. The number of carbonyl (C=O) groups excluding carboxylic acids is 1. The second-order valence-electron chi connectivity index (χ2n) is 6.09. The molecule has 0 atom stereocenters. The predicted molar refractivity (Wildman–Crippen MR) is 110 cm³/mol. The molecule has 4 aromatic rings. The van der Waals surface area contributed by atoms with E-state index in [-0.39, 0.29) is 10.7 Å². The van der Waals surface area contributed by atoms with Crippen molar-refractivity contribution in [3.63, 3.8) is 0 Å². The molecule has 2 aromatic heterocycles. The van der Waals surface area contributed by atoms with Crippen molar-refractivity contribution in [3.05, 3.63) is 71.9 Å². The van der Waals surface area contributed by atoms with Crippen molar-refractivity contribution in [2.45, 2.75) is 4.90 Å². The van der Waals surface area contributed by atoms with Crippen molar-refractivity contribution in [3.8, 4) is 11.4 Å². The number of rotatable bonds is 4. The maximum atomic E-state index is 12.5. The molecule has 2 aromatic carbocycles. The van der Waals surface area contributed by atoms with Gasteiger partial charge < -0.3 is 5.73 Å². The maximum absolute atomic E-state index is 12.5. The second-order valence-corrected chi connectivity index (χ2v) is 8.21. The normalized spacial score (nSPS) is 11.5. The fourth-order valence-corrected chi connectivity index (χ4v) is 3.97. The molecule has 0 spiro atoms. The van der Waals surface area contributed by atoms with Gasteiger partial charge in [0.2, 0.25) is 0 Å². The minimum absolute atomic E-state index is 0.0586. The molecule has 0 aliphatic rings. The van der Waals surface area contributed by atoms with Crippen molar-refractivity contribution >= 4 is 44.5 Å². The molecule has 10 heteroatoms. The number of anilines is 1. The number of imidazole rings is 1. The molecule has 2 heterocycles. The van der Waals surface area contributed by atoms with Crippen LogP contribution in [-0.4, -0.2) is 29.0 Å². The van der Waals surface area contributed by atoms with E-state index < -0.39 is 16.1 Å². The first-order chi connectivity index (χ1) is 13.8. The van der Waals surface area contributed by atoms with Crippen LogP contribution in [0.5, 0.6) is 0 Å². The lowest BCUT2D eigenvalue weighted by molar-refractivity contribution is 0.251. The van der Waals surface area contributed by atoms with Gasteiger partial charge >= 0.3 is 6.03 Å². The number of sulfonamides is 1. The Bertz CT molecular complexity index is 1320. The molecule has 0 radical (unpaired) electrons. The van der Waals surface area contributed by atoms with Gasteiger partial charge in [-0.3, -0.25) is 4.72 Å². The summed E-state index contributed by atoms with van der Waals surface area (Å²) in [4.78, 5) is 20.6. The van der Waals surface area contributed by atoms with Crippen LogP contribution in [0, 0.1) is 0 Å². The Morgan fingerprint density at radius 1 is 1.03 bits per heavy atom. The summed E-state index contributed by atoms with van der Waals surface area (Å²) < 4.78 is 28.6. The summed E-state index contributed by atoms with van der Waals surface area (Å²) >= 11 is 5.79. The molecule has 0 aliphatic heterocycles. The number of pyridine rings is 1. The minimum Gasteiger partial charge on any atom is -0.351 e. The van der Waals surface area contributed by atoms with Crippen molar-refractivity contribution in [2.24, 2.45) is 5.73 Å². The number of fused-ring (bicyclic) bond motifs is 1. The molecule has 0 saturated heterocycles. The van der Waals surface area contributed by atoms with Crippen molar-refractivity contribution in [1.82, 2.24) is 14.5 Å². The zero-order valence-corrected chi connectivity index (χ0v) is 16.4. The summed E-state index contributed by atoms with van der Waals surface area (Å²) in [6, 6.07) is 15.3. The summed E-state index contributed by atoms with van der Waals surface area (Å²) in [5.74, 6) is 0.434. The van der Waals surface area contributed by atoms with Gasteiger partial charge in [0, 0.05) is 16.8 Å². The van der Waals surface area contributed by atoms with E-state index in [1.807, 2.05) is 0 Å². The van der Waals surface area contributed by atoms with E-state index in [2.05, 4.69) is 14.7 Å². The third-order valence-corrected chi connectivity index (χ3v) is 5.79. The highest BCUT2D eigenvalue weighted by molar-refractivity contribution is 7.92. The highest BCUT2D eigenvalue weighted by Crippen LogP contribution is 2.25. The van der Waals surface area contributed by atoms with Gasteiger partial charge in [-0.2, -0.15) is 0 Å². The largest absolute Gasteiger partial charge is 0.351 e. The van der Waals surface area contributed by atoms with Crippen LogP contribution in [-0.2, 0) is 10.0 Å². The molecule has 1 amide bonds. The Balaban J connectivity index is 1.67. The molecule has 8 nitrogen and oxygen atoms in total. The molecule has 0 fully saturated rings. The molecule has 29 heavy (non-hydrogen) atoms. The number of hydrogen-bond acceptors (Lipinski definition) is 5. The summed E-state index contributed by atoms with van der Waals surface area (Å²) in [5.41, 5.74) is 7.20. The molecule has 146 valence electrons. The molecule has 0 saturated carbocycles. The Hall–Kier alpha value is -3.43. The molecule has 3 N–H and O–H groups in total. The number of nitrogens with two attached hydrogens (primary N) is 1. The summed E-state index contributed by atoms with van der Waals surface area (Å²) in [6.45, 7) is 0. The van der Waals surface area contributed by atoms with Crippen molar-refractivity contribution in [2.75, 3.05) is 4.72 Å². The smallest absolute Gasteiger partial charge is 0.325 e. The van der Waals surface area contributed by atoms with Crippen LogP contribution in [0.2, 0.25) is 5.02 Å².